The van der Waals surface area contributed by atoms with Crippen molar-refractivity contribution in [2.45, 2.75) is 6.61 Å². The number of hydrogen-bond donors (Lipinski definition) is 1. The molecule has 106 valence electrons. The van der Waals surface area contributed by atoms with Crippen LogP contribution >= 0.6 is 0 Å². The molecule has 0 radical (unpaired) electrons. The maximum Gasteiger partial charge on any atom is 0.162 e. The molecule has 3 aromatic rings. The molecule has 0 spiro atoms. The zero-order valence-electron chi connectivity index (χ0n) is 11.3. The highest BCUT2D eigenvalue weighted by molar-refractivity contribution is 5.66. The van der Waals surface area contributed by atoms with E-state index < -0.39 is 0 Å². The maximum atomic E-state index is 9.19. The molecule has 1 aromatic carbocycles. The summed E-state index contributed by atoms with van der Waals surface area (Å²) in [6.45, 7) is 1.18. The van der Waals surface area contributed by atoms with Crippen LogP contribution in [-0.4, -0.2) is 27.7 Å². The second-order valence-electron chi connectivity index (χ2n) is 4.95. The van der Waals surface area contributed by atoms with Gasteiger partial charge in [-0.3, -0.25) is 0 Å². The molecule has 0 fully saturated rings. The molecule has 0 bridgehead atoms. The lowest BCUT2D eigenvalue weighted by Gasteiger charge is -2.18. The molecular formula is C16H14N2O3. The number of fused-ring (bicyclic) bond motifs is 2. The van der Waals surface area contributed by atoms with Crippen molar-refractivity contribution in [2.75, 3.05) is 13.2 Å². The van der Waals surface area contributed by atoms with Crippen molar-refractivity contribution in [3.05, 3.63) is 48.3 Å². The minimum absolute atomic E-state index is 0.0213. The Morgan fingerprint density at radius 1 is 1.05 bits per heavy atom. The van der Waals surface area contributed by atoms with Crippen LogP contribution in [0.4, 0.5) is 0 Å². The summed E-state index contributed by atoms with van der Waals surface area (Å²) in [6.07, 6.45) is 3.82. The molecule has 0 atom stereocenters. The van der Waals surface area contributed by atoms with E-state index in [-0.39, 0.29) is 6.61 Å². The maximum absolute atomic E-state index is 9.19. The van der Waals surface area contributed by atoms with Crippen LogP contribution in [0.1, 0.15) is 5.56 Å². The number of aromatic nitrogens is 2. The van der Waals surface area contributed by atoms with E-state index in [0.29, 0.717) is 13.2 Å². The minimum Gasteiger partial charge on any atom is -0.486 e. The third-order valence-corrected chi connectivity index (χ3v) is 3.53. The minimum atomic E-state index is 0.0213. The van der Waals surface area contributed by atoms with Crippen molar-refractivity contribution in [1.29, 1.82) is 0 Å². The van der Waals surface area contributed by atoms with E-state index in [2.05, 4.69) is 4.98 Å². The lowest BCUT2D eigenvalue weighted by Crippen LogP contribution is -2.15. The van der Waals surface area contributed by atoms with Crippen molar-refractivity contribution in [1.82, 2.24) is 9.38 Å². The Balaban J connectivity index is 1.78. The van der Waals surface area contributed by atoms with E-state index in [1.807, 2.05) is 47.1 Å². The van der Waals surface area contributed by atoms with Crippen molar-refractivity contribution < 1.29 is 14.6 Å². The van der Waals surface area contributed by atoms with Gasteiger partial charge in [0, 0.05) is 18.0 Å². The first-order valence-electron chi connectivity index (χ1n) is 6.82. The topological polar surface area (TPSA) is 56.0 Å². The summed E-state index contributed by atoms with van der Waals surface area (Å²) in [6, 6.07) is 9.60. The van der Waals surface area contributed by atoms with Crippen LogP contribution < -0.4 is 9.47 Å². The van der Waals surface area contributed by atoms with Gasteiger partial charge in [0.1, 0.15) is 18.9 Å². The van der Waals surface area contributed by atoms with E-state index in [0.717, 1.165) is 34.0 Å². The lowest BCUT2D eigenvalue weighted by molar-refractivity contribution is 0.171. The quantitative estimate of drug-likeness (QED) is 0.783. The van der Waals surface area contributed by atoms with Gasteiger partial charge in [-0.05, 0) is 29.8 Å². The summed E-state index contributed by atoms with van der Waals surface area (Å²) in [7, 11) is 0. The summed E-state index contributed by atoms with van der Waals surface area (Å²) in [5, 5.41) is 9.19. The van der Waals surface area contributed by atoms with Gasteiger partial charge in [0.05, 0.1) is 12.3 Å². The van der Waals surface area contributed by atoms with Crippen molar-refractivity contribution in [2.24, 2.45) is 0 Å². The van der Waals surface area contributed by atoms with Crippen LogP contribution in [0.15, 0.2) is 42.7 Å². The first kappa shape index (κ1) is 12.2. The predicted molar refractivity (Wildman–Crippen MR) is 77.5 cm³/mol. The number of benzene rings is 1. The highest BCUT2D eigenvalue weighted by Gasteiger charge is 2.13. The predicted octanol–water partition coefficient (Wildman–Crippen LogP) is 2.26. The zero-order valence-corrected chi connectivity index (χ0v) is 11.3. The first-order valence-corrected chi connectivity index (χ1v) is 6.82. The summed E-state index contributed by atoms with van der Waals surface area (Å²) in [4.78, 5) is 4.59. The van der Waals surface area contributed by atoms with E-state index in [1.54, 1.807) is 0 Å². The molecule has 21 heavy (non-hydrogen) atoms. The van der Waals surface area contributed by atoms with Gasteiger partial charge in [0.2, 0.25) is 0 Å². The largest absolute Gasteiger partial charge is 0.486 e. The first-order chi connectivity index (χ1) is 10.3. The van der Waals surface area contributed by atoms with Crippen LogP contribution in [0.2, 0.25) is 0 Å². The number of ether oxygens (including phenoxy) is 2. The van der Waals surface area contributed by atoms with E-state index in [9.17, 15) is 5.11 Å². The standard InChI is InChI=1S/C16H14N2O3/c19-10-11-1-4-16-17-13(9-18(16)8-11)12-2-3-14-15(7-12)21-6-5-20-14/h1-4,7-9,19H,5-6,10H2. The second kappa shape index (κ2) is 4.79. The Bertz CT molecular complexity index is 810. The molecule has 5 heteroatoms. The van der Waals surface area contributed by atoms with Gasteiger partial charge >= 0.3 is 0 Å². The SMILES string of the molecule is OCc1ccc2nc(-c3ccc4c(c3)OCCO4)cn2c1. The van der Waals surface area contributed by atoms with E-state index in [1.165, 1.54) is 0 Å². The Kier molecular flexibility index (Phi) is 2.79. The molecular weight excluding hydrogens is 268 g/mol. The summed E-state index contributed by atoms with van der Waals surface area (Å²) in [5.74, 6) is 1.53. The van der Waals surface area contributed by atoms with Gasteiger partial charge in [-0.1, -0.05) is 6.07 Å². The average molecular weight is 282 g/mol. The summed E-state index contributed by atoms with van der Waals surface area (Å²) in [5.41, 5.74) is 3.54. The average Bonchev–Trinajstić information content (AvgIpc) is 2.97. The van der Waals surface area contributed by atoms with Crippen molar-refractivity contribution in [3.8, 4) is 22.8 Å². The van der Waals surface area contributed by atoms with Crippen LogP contribution in [0.25, 0.3) is 16.9 Å². The van der Waals surface area contributed by atoms with Gasteiger partial charge in [-0.25, -0.2) is 4.98 Å². The zero-order chi connectivity index (χ0) is 14.2. The molecule has 1 aliphatic rings. The monoisotopic (exact) mass is 282 g/mol. The fraction of sp³-hybridized carbons (Fsp3) is 0.188. The van der Waals surface area contributed by atoms with Crippen LogP contribution in [0.5, 0.6) is 11.5 Å². The van der Waals surface area contributed by atoms with E-state index in [4.69, 9.17) is 9.47 Å². The Hall–Kier alpha value is -2.53. The molecule has 0 amide bonds. The second-order valence-corrected chi connectivity index (χ2v) is 4.95. The number of imidazole rings is 1. The van der Waals surface area contributed by atoms with Gasteiger partial charge in [0.15, 0.2) is 11.5 Å². The van der Waals surface area contributed by atoms with Crippen molar-refractivity contribution in [3.63, 3.8) is 0 Å². The third-order valence-electron chi connectivity index (χ3n) is 3.53. The lowest BCUT2D eigenvalue weighted by atomic mass is 10.1. The number of rotatable bonds is 2. The molecule has 1 N–H and O–H groups in total. The van der Waals surface area contributed by atoms with Crippen LogP contribution in [0, 0.1) is 0 Å². The molecule has 1 aliphatic heterocycles. The van der Waals surface area contributed by atoms with Crippen molar-refractivity contribution >= 4 is 5.65 Å². The Morgan fingerprint density at radius 3 is 2.76 bits per heavy atom. The smallest absolute Gasteiger partial charge is 0.162 e. The normalized spacial score (nSPS) is 13.6. The summed E-state index contributed by atoms with van der Waals surface area (Å²) < 4.78 is 13.0. The van der Waals surface area contributed by atoms with Crippen LogP contribution in [0.3, 0.4) is 0 Å². The van der Waals surface area contributed by atoms with Gasteiger partial charge in [0.25, 0.3) is 0 Å². The van der Waals surface area contributed by atoms with Gasteiger partial charge in [-0.15, -0.1) is 0 Å². The molecule has 0 aliphatic carbocycles. The molecule has 5 nitrogen and oxygen atoms in total. The molecule has 0 saturated heterocycles. The third kappa shape index (κ3) is 2.11. The molecule has 3 heterocycles. The molecule has 2 aromatic heterocycles. The number of pyridine rings is 1. The highest BCUT2D eigenvalue weighted by atomic mass is 16.6. The number of hydrogen-bond acceptors (Lipinski definition) is 4. The van der Waals surface area contributed by atoms with Gasteiger partial charge < -0.3 is 19.0 Å². The van der Waals surface area contributed by atoms with Crippen LogP contribution in [-0.2, 0) is 6.61 Å². The summed E-state index contributed by atoms with van der Waals surface area (Å²) >= 11 is 0. The molecule has 0 saturated carbocycles. The van der Waals surface area contributed by atoms with E-state index >= 15 is 0 Å². The van der Waals surface area contributed by atoms with Gasteiger partial charge in [-0.2, -0.15) is 0 Å². The number of nitrogens with zero attached hydrogens (tertiary/aromatic N) is 2. The highest BCUT2D eigenvalue weighted by Crippen LogP contribution is 2.34. The fourth-order valence-electron chi connectivity index (χ4n) is 2.47. The molecule has 4 rings (SSSR count). The molecule has 0 unspecified atom stereocenters. The fourth-order valence-corrected chi connectivity index (χ4v) is 2.47. The Morgan fingerprint density at radius 2 is 1.90 bits per heavy atom. The number of aliphatic hydroxyl groups excluding tert-OH is 1. The number of aliphatic hydroxyl groups is 1. The Labute approximate surface area is 121 Å².